The Morgan fingerprint density at radius 3 is 2.05 bits per heavy atom. The molecule has 0 fully saturated rings. The summed E-state index contributed by atoms with van der Waals surface area (Å²) in [7, 11) is 0. The second kappa shape index (κ2) is 10.8. The quantitative estimate of drug-likeness (QED) is 0.286. The lowest BCUT2D eigenvalue weighted by molar-refractivity contribution is 0.470. The number of unbranched alkanes of at least 4 members (excludes halogenated alkanes) is 8. The van der Waals surface area contributed by atoms with Gasteiger partial charge in [-0.25, -0.2) is 0 Å². The van der Waals surface area contributed by atoms with E-state index in [1.165, 1.54) is 51.4 Å². The molecular formula is C19H32ClNO. The van der Waals surface area contributed by atoms with Gasteiger partial charge in [-0.15, -0.1) is 0 Å². The molecule has 0 saturated carbocycles. The zero-order valence-electron chi connectivity index (χ0n) is 14.3. The molecule has 0 atom stereocenters. The zero-order valence-corrected chi connectivity index (χ0v) is 15.0. The smallest absolute Gasteiger partial charge is 0.142 e. The number of phenols is 1. The fraction of sp³-hybridized carbons (Fsp3) is 0.684. The van der Waals surface area contributed by atoms with Gasteiger partial charge in [0.15, 0.2) is 0 Å². The van der Waals surface area contributed by atoms with Crippen molar-refractivity contribution in [3.05, 3.63) is 22.2 Å². The van der Waals surface area contributed by atoms with Crippen LogP contribution in [0.3, 0.4) is 0 Å². The van der Waals surface area contributed by atoms with Crippen LogP contribution in [-0.4, -0.2) is 5.11 Å². The van der Waals surface area contributed by atoms with E-state index in [0.29, 0.717) is 10.7 Å². The summed E-state index contributed by atoms with van der Waals surface area (Å²) >= 11 is 6.31. The first kappa shape index (κ1) is 19.2. The van der Waals surface area contributed by atoms with E-state index in [-0.39, 0.29) is 5.75 Å². The van der Waals surface area contributed by atoms with Crippen LogP contribution in [0.5, 0.6) is 5.75 Å². The maximum absolute atomic E-state index is 10.1. The summed E-state index contributed by atoms with van der Waals surface area (Å²) in [6.07, 6.45) is 13.3. The molecule has 0 saturated heterocycles. The molecule has 1 aromatic carbocycles. The highest BCUT2D eigenvalue weighted by atomic mass is 35.5. The number of nitrogen functional groups attached to an aromatic ring is 1. The fourth-order valence-corrected chi connectivity index (χ4v) is 3.22. The molecule has 1 rings (SSSR count). The Kier molecular flexibility index (Phi) is 9.38. The summed E-state index contributed by atoms with van der Waals surface area (Å²) in [5, 5.41) is 10.8. The van der Waals surface area contributed by atoms with Gasteiger partial charge in [0.25, 0.3) is 0 Å². The molecule has 126 valence electrons. The third-order valence-corrected chi connectivity index (χ3v) is 4.72. The number of anilines is 1. The van der Waals surface area contributed by atoms with Crippen LogP contribution >= 0.6 is 11.6 Å². The van der Waals surface area contributed by atoms with Gasteiger partial charge in [0, 0.05) is 5.02 Å². The number of halogens is 1. The summed E-state index contributed by atoms with van der Waals surface area (Å²) in [5.41, 5.74) is 8.26. The van der Waals surface area contributed by atoms with Crippen LogP contribution in [-0.2, 0) is 12.8 Å². The Morgan fingerprint density at radius 2 is 1.50 bits per heavy atom. The predicted octanol–water partition coefficient (Wildman–Crippen LogP) is 6.26. The average Bonchev–Trinajstić information content (AvgIpc) is 2.52. The van der Waals surface area contributed by atoms with Crippen LogP contribution in [0.15, 0.2) is 6.07 Å². The minimum absolute atomic E-state index is 0.220. The van der Waals surface area contributed by atoms with Gasteiger partial charge in [0.05, 0.1) is 5.69 Å². The van der Waals surface area contributed by atoms with Crippen LogP contribution in [0, 0.1) is 0 Å². The fourth-order valence-electron chi connectivity index (χ4n) is 2.89. The molecule has 0 aliphatic rings. The lowest BCUT2D eigenvalue weighted by Gasteiger charge is -2.13. The number of nitrogens with two attached hydrogens (primary N) is 1. The normalized spacial score (nSPS) is 11.0. The standard InChI is InChI=1S/C19H32ClNO/c1-3-5-6-7-8-9-10-11-12-13-16-17(20)14-15(4-2)19(22)18(16)21/h14,22H,3-13,21H2,1-2H3. The first-order chi connectivity index (χ1) is 10.6. The molecule has 0 bridgehead atoms. The van der Waals surface area contributed by atoms with E-state index in [0.717, 1.165) is 30.4 Å². The molecule has 3 heteroatoms. The first-order valence-corrected chi connectivity index (χ1v) is 9.28. The molecule has 0 radical (unpaired) electrons. The highest BCUT2D eigenvalue weighted by molar-refractivity contribution is 6.32. The van der Waals surface area contributed by atoms with Crippen molar-refractivity contribution in [1.82, 2.24) is 0 Å². The lowest BCUT2D eigenvalue weighted by Crippen LogP contribution is -1.99. The van der Waals surface area contributed by atoms with Gasteiger partial charge in [-0.3, -0.25) is 0 Å². The molecule has 3 N–H and O–H groups in total. The van der Waals surface area contributed by atoms with Crippen molar-refractivity contribution >= 4 is 17.3 Å². The molecule has 22 heavy (non-hydrogen) atoms. The molecule has 0 aliphatic carbocycles. The third kappa shape index (κ3) is 6.08. The van der Waals surface area contributed by atoms with E-state index in [2.05, 4.69) is 6.92 Å². The van der Waals surface area contributed by atoms with Crippen LogP contribution in [0.1, 0.15) is 82.8 Å². The summed E-state index contributed by atoms with van der Waals surface area (Å²) < 4.78 is 0. The van der Waals surface area contributed by atoms with Crippen LogP contribution in [0.2, 0.25) is 5.02 Å². The number of aryl methyl sites for hydroxylation is 1. The van der Waals surface area contributed by atoms with Gasteiger partial charge in [0.2, 0.25) is 0 Å². The Bertz CT molecular complexity index is 446. The number of benzene rings is 1. The zero-order chi connectivity index (χ0) is 16.4. The van der Waals surface area contributed by atoms with Crippen molar-refractivity contribution in [2.45, 2.75) is 84.5 Å². The van der Waals surface area contributed by atoms with Crippen molar-refractivity contribution in [2.75, 3.05) is 5.73 Å². The molecule has 0 amide bonds. The largest absolute Gasteiger partial charge is 0.505 e. The molecular weight excluding hydrogens is 294 g/mol. The van der Waals surface area contributed by atoms with E-state index >= 15 is 0 Å². The predicted molar refractivity (Wildman–Crippen MR) is 97.8 cm³/mol. The van der Waals surface area contributed by atoms with Gasteiger partial charge >= 0.3 is 0 Å². The van der Waals surface area contributed by atoms with Crippen LogP contribution < -0.4 is 5.73 Å². The number of hydrogen-bond acceptors (Lipinski definition) is 2. The SMILES string of the molecule is CCCCCCCCCCCc1c(Cl)cc(CC)c(O)c1N. The molecule has 2 nitrogen and oxygen atoms in total. The summed E-state index contributed by atoms with van der Waals surface area (Å²) in [6, 6.07) is 1.86. The van der Waals surface area contributed by atoms with E-state index < -0.39 is 0 Å². The minimum atomic E-state index is 0.220. The van der Waals surface area contributed by atoms with Crippen molar-refractivity contribution in [1.29, 1.82) is 0 Å². The van der Waals surface area contributed by atoms with E-state index in [4.69, 9.17) is 17.3 Å². The minimum Gasteiger partial charge on any atom is -0.505 e. The van der Waals surface area contributed by atoms with E-state index in [1.807, 2.05) is 13.0 Å². The first-order valence-electron chi connectivity index (χ1n) is 8.90. The lowest BCUT2D eigenvalue weighted by atomic mass is 10.00. The highest BCUT2D eigenvalue weighted by Crippen LogP contribution is 2.35. The number of rotatable bonds is 11. The average molecular weight is 326 g/mol. The Balaban J connectivity index is 2.29. The monoisotopic (exact) mass is 325 g/mol. The van der Waals surface area contributed by atoms with Crippen molar-refractivity contribution in [2.24, 2.45) is 0 Å². The van der Waals surface area contributed by atoms with Gasteiger partial charge in [-0.2, -0.15) is 0 Å². The van der Waals surface area contributed by atoms with Crippen LogP contribution in [0.4, 0.5) is 5.69 Å². The Morgan fingerprint density at radius 1 is 0.955 bits per heavy atom. The van der Waals surface area contributed by atoms with Gasteiger partial charge in [-0.05, 0) is 36.5 Å². The molecule has 0 unspecified atom stereocenters. The number of phenolic OH excluding ortho intramolecular Hbond substituents is 1. The number of hydrogen-bond donors (Lipinski definition) is 2. The van der Waals surface area contributed by atoms with Crippen molar-refractivity contribution in [3.8, 4) is 5.75 Å². The molecule has 1 aromatic rings. The van der Waals surface area contributed by atoms with E-state index in [1.54, 1.807) is 0 Å². The van der Waals surface area contributed by atoms with Crippen molar-refractivity contribution in [3.63, 3.8) is 0 Å². The van der Waals surface area contributed by atoms with Gasteiger partial charge in [0.1, 0.15) is 5.75 Å². The second-order valence-corrected chi connectivity index (χ2v) is 6.60. The molecule has 0 spiro atoms. The van der Waals surface area contributed by atoms with Crippen molar-refractivity contribution < 1.29 is 5.11 Å². The summed E-state index contributed by atoms with van der Waals surface area (Å²) in [5.74, 6) is 0.220. The van der Waals surface area contributed by atoms with Gasteiger partial charge in [-0.1, -0.05) is 76.8 Å². The highest BCUT2D eigenvalue weighted by Gasteiger charge is 2.13. The third-order valence-electron chi connectivity index (χ3n) is 4.38. The summed E-state index contributed by atoms with van der Waals surface area (Å²) in [6.45, 7) is 4.24. The Labute approximate surface area is 141 Å². The number of aromatic hydroxyl groups is 1. The summed E-state index contributed by atoms with van der Waals surface area (Å²) in [4.78, 5) is 0. The maximum Gasteiger partial charge on any atom is 0.142 e. The molecule has 0 aliphatic heterocycles. The van der Waals surface area contributed by atoms with Crippen LogP contribution in [0.25, 0.3) is 0 Å². The maximum atomic E-state index is 10.1. The molecule has 0 aromatic heterocycles. The van der Waals surface area contributed by atoms with Gasteiger partial charge < -0.3 is 10.8 Å². The second-order valence-electron chi connectivity index (χ2n) is 6.19. The topological polar surface area (TPSA) is 46.2 Å². The Hall–Kier alpha value is -0.890. The molecule has 0 heterocycles. The van der Waals surface area contributed by atoms with E-state index in [9.17, 15) is 5.11 Å².